The first-order valence-corrected chi connectivity index (χ1v) is 7.37. The van der Waals surface area contributed by atoms with Crippen LogP contribution in [-0.2, 0) is 18.2 Å². The van der Waals surface area contributed by atoms with Crippen molar-refractivity contribution >= 4 is 25.8 Å². The Balaban J connectivity index is 3.10. The molecule has 0 aromatic heterocycles. The minimum absolute atomic E-state index is 0.0508. The molecule has 1 rings (SSSR count). The van der Waals surface area contributed by atoms with E-state index >= 15 is 0 Å². The maximum absolute atomic E-state index is 11.4. The molecule has 16 heavy (non-hydrogen) atoms. The summed E-state index contributed by atoms with van der Waals surface area (Å²) in [6.07, 6.45) is 0. The fraction of sp³-hybridized carbons (Fsp3) is 0.250. The normalized spacial score (nSPS) is 18.8. The first-order valence-electron chi connectivity index (χ1n) is 4.22. The van der Waals surface area contributed by atoms with Gasteiger partial charge in [-0.15, -0.1) is 0 Å². The van der Waals surface area contributed by atoms with E-state index in [-0.39, 0.29) is 10.6 Å². The van der Waals surface area contributed by atoms with Gasteiger partial charge < -0.3 is 18.8 Å². The Labute approximate surface area is 92.9 Å². The molecule has 0 aliphatic carbocycles. The van der Waals surface area contributed by atoms with Crippen molar-refractivity contribution in [2.45, 2.75) is 0 Å². The van der Waals surface area contributed by atoms with Gasteiger partial charge in [0.2, 0.25) is 0 Å². The maximum Gasteiger partial charge on any atom is 0.358 e. The topological polar surface area (TPSA) is 93.1 Å². The molecule has 2 N–H and O–H groups in total. The van der Waals surface area contributed by atoms with Gasteiger partial charge in [0.25, 0.3) is 0 Å². The average Bonchev–Trinajstić information content (AvgIpc) is 2.29. The molecule has 0 radical (unpaired) electrons. The van der Waals surface area contributed by atoms with Crippen molar-refractivity contribution in [3.05, 3.63) is 24.3 Å². The van der Waals surface area contributed by atoms with Crippen molar-refractivity contribution in [2.24, 2.45) is 0 Å². The van der Waals surface area contributed by atoms with Crippen LogP contribution in [0.2, 0.25) is 0 Å². The van der Waals surface area contributed by atoms with E-state index in [2.05, 4.69) is 9.05 Å². The van der Waals surface area contributed by atoms with Crippen LogP contribution in [0, 0.1) is 0 Å². The van der Waals surface area contributed by atoms with Gasteiger partial charge in [-0.05, 0) is 24.3 Å². The predicted molar refractivity (Wildman–Crippen MR) is 59.4 cm³/mol. The molecule has 0 heterocycles. The van der Waals surface area contributed by atoms with Gasteiger partial charge in [-0.1, -0.05) is 0 Å². The highest BCUT2D eigenvalue weighted by Gasteiger charge is 2.24. The van der Waals surface area contributed by atoms with E-state index in [0.717, 1.165) is 14.2 Å². The molecule has 2 unspecified atom stereocenters. The standard InChI is InChI=1S/C8H12O6P2/c1-13-15(9,10)7-3-5-8(6-4-7)16(11,12)14-2/h3-6H,1-2H3,(H,9,10)(H,11,12). The molecule has 0 amide bonds. The van der Waals surface area contributed by atoms with E-state index in [0.29, 0.717) is 0 Å². The molecule has 1 aromatic rings. The molecule has 0 bridgehead atoms. The first kappa shape index (κ1) is 13.6. The van der Waals surface area contributed by atoms with Crippen LogP contribution in [0.3, 0.4) is 0 Å². The molecule has 2 atom stereocenters. The fourth-order valence-electron chi connectivity index (χ4n) is 1.04. The van der Waals surface area contributed by atoms with Gasteiger partial charge in [0.05, 0.1) is 10.6 Å². The summed E-state index contributed by atoms with van der Waals surface area (Å²) in [6, 6.07) is 5.01. The van der Waals surface area contributed by atoms with Crippen molar-refractivity contribution in [1.29, 1.82) is 0 Å². The summed E-state index contributed by atoms with van der Waals surface area (Å²) in [5, 5.41) is 0.102. The molecular weight excluding hydrogens is 254 g/mol. The lowest BCUT2D eigenvalue weighted by molar-refractivity contribution is 0.326. The Bertz CT molecular complexity index is 411. The van der Waals surface area contributed by atoms with E-state index < -0.39 is 15.2 Å². The Morgan fingerprint density at radius 3 is 1.31 bits per heavy atom. The second-order valence-electron chi connectivity index (χ2n) is 2.92. The molecule has 1 aromatic carbocycles. The number of rotatable bonds is 4. The van der Waals surface area contributed by atoms with Crippen LogP contribution in [-0.4, -0.2) is 24.0 Å². The third-order valence-electron chi connectivity index (χ3n) is 2.00. The van der Waals surface area contributed by atoms with Crippen LogP contribution in [0.1, 0.15) is 0 Å². The smallest absolute Gasteiger partial charge is 0.321 e. The Morgan fingerprint density at radius 1 is 0.875 bits per heavy atom. The SMILES string of the molecule is COP(=O)(O)c1ccc(P(=O)(O)OC)cc1. The molecule has 8 heteroatoms. The summed E-state index contributed by atoms with van der Waals surface area (Å²) in [4.78, 5) is 18.6. The third kappa shape index (κ3) is 2.80. The van der Waals surface area contributed by atoms with E-state index in [4.69, 9.17) is 0 Å². The molecule has 0 aliphatic rings. The summed E-state index contributed by atoms with van der Waals surface area (Å²) < 4.78 is 31.6. The minimum Gasteiger partial charge on any atom is -0.321 e. The second kappa shape index (κ2) is 4.80. The zero-order chi connectivity index (χ0) is 12.4. The van der Waals surface area contributed by atoms with Crippen molar-refractivity contribution in [3.63, 3.8) is 0 Å². The Hall–Kier alpha value is -0.480. The highest BCUT2D eigenvalue weighted by molar-refractivity contribution is 7.62. The Morgan fingerprint density at radius 2 is 1.12 bits per heavy atom. The molecule has 0 saturated heterocycles. The highest BCUT2D eigenvalue weighted by atomic mass is 31.2. The molecule has 0 aliphatic heterocycles. The van der Waals surface area contributed by atoms with Crippen molar-refractivity contribution < 1.29 is 28.0 Å². The Kier molecular flexibility index (Phi) is 4.07. The summed E-state index contributed by atoms with van der Waals surface area (Å²) in [5.41, 5.74) is 0. The number of hydrogen-bond donors (Lipinski definition) is 2. The zero-order valence-electron chi connectivity index (χ0n) is 8.73. The summed E-state index contributed by atoms with van der Waals surface area (Å²) in [6.45, 7) is 0. The van der Waals surface area contributed by atoms with Gasteiger partial charge in [-0.25, -0.2) is 0 Å². The van der Waals surface area contributed by atoms with Gasteiger partial charge in [-0.2, -0.15) is 0 Å². The molecule has 0 spiro atoms. The van der Waals surface area contributed by atoms with Crippen LogP contribution in [0.4, 0.5) is 0 Å². The van der Waals surface area contributed by atoms with E-state index in [1.165, 1.54) is 24.3 Å². The molecule has 0 fully saturated rings. The van der Waals surface area contributed by atoms with Gasteiger partial charge in [0, 0.05) is 14.2 Å². The predicted octanol–water partition coefficient (Wildman–Crippen LogP) is 0.601. The van der Waals surface area contributed by atoms with Gasteiger partial charge >= 0.3 is 15.2 Å². The highest BCUT2D eigenvalue weighted by Crippen LogP contribution is 2.41. The van der Waals surface area contributed by atoms with Crippen LogP contribution in [0.25, 0.3) is 0 Å². The van der Waals surface area contributed by atoms with E-state index in [9.17, 15) is 18.9 Å². The number of hydrogen-bond acceptors (Lipinski definition) is 4. The lowest BCUT2D eigenvalue weighted by Gasteiger charge is -2.11. The number of benzene rings is 1. The lowest BCUT2D eigenvalue weighted by Crippen LogP contribution is -2.11. The van der Waals surface area contributed by atoms with Crippen LogP contribution in [0.5, 0.6) is 0 Å². The van der Waals surface area contributed by atoms with Crippen molar-refractivity contribution in [1.82, 2.24) is 0 Å². The van der Waals surface area contributed by atoms with Gasteiger partial charge in [0.1, 0.15) is 0 Å². The fourth-order valence-corrected chi connectivity index (χ4v) is 2.51. The van der Waals surface area contributed by atoms with Crippen LogP contribution >= 0.6 is 15.2 Å². The van der Waals surface area contributed by atoms with Crippen LogP contribution < -0.4 is 10.6 Å². The first-order chi connectivity index (χ1) is 7.33. The summed E-state index contributed by atoms with van der Waals surface area (Å²) in [7, 11) is -5.41. The van der Waals surface area contributed by atoms with Gasteiger partial charge in [-0.3, -0.25) is 9.13 Å². The van der Waals surface area contributed by atoms with Crippen LogP contribution in [0.15, 0.2) is 24.3 Å². The second-order valence-corrected chi connectivity index (χ2v) is 6.77. The average molecular weight is 266 g/mol. The molecule has 0 saturated carbocycles. The maximum atomic E-state index is 11.4. The monoisotopic (exact) mass is 266 g/mol. The minimum atomic E-state index is -3.82. The van der Waals surface area contributed by atoms with Crippen molar-refractivity contribution in [3.8, 4) is 0 Å². The molecule has 6 nitrogen and oxygen atoms in total. The lowest BCUT2D eigenvalue weighted by atomic mass is 10.4. The third-order valence-corrected chi connectivity index (χ3v) is 4.89. The van der Waals surface area contributed by atoms with E-state index in [1.807, 2.05) is 0 Å². The molecule has 90 valence electrons. The molecular formula is C8H12O6P2. The van der Waals surface area contributed by atoms with Crippen molar-refractivity contribution in [2.75, 3.05) is 14.2 Å². The quantitative estimate of drug-likeness (QED) is 0.775. The summed E-state index contributed by atoms with van der Waals surface area (Å²) >= 11 is 0. The largest absolute Gasteiger partial charge is 0.358 e. The summed E-state index contributed by atoms with van der Waals surface area (Å²) in [5.74, 6) is 0. The van der Waals surface area contributed by atoms with E-state index in [1.54, 1.807) is 0 Å². The van der Waals surface area contributed by atoms with Gasteiger partial charge in [0.15, 0.2) is 0 Å². The zero-order valence-corrected chi connectivity index (χ0v) is 10.5.